The van der Waals surface area contributed by atoms with Gasteiger partial charge in [-0.3, -0.25) is 14.9 Å². The number of aryl methyl sites for hydroxylation is 1. The maximum atomic E-state index is 12.9. The molecule has 0 saturated heterocycles. The minimum absolute atomic E-state index is 0.126. The standard InChI is InChI=1S/C32H38N6O6S2/c1-6-44-28-20(11-9-15-24(28)42-4)18-25(39)33-31-36-35-29(45-31)21-12-7-13-22(16-21)30-38(2)37-32(46-30)34-26(40)17-19-10-8-14-23(41-3)27(19)43-5/h8-11,14-15,21-22H,6-7,12-13,16-18H2,1-5H3,(H-,33,34,36,37,39,40)/p+1. The Morgan fingerprint density at radius 1 is 0.848 bits per heavy atom. The molecule has 2 heterocycles. The molecular weight excluding hydrogens is 629 g/mol. The van der Waals surface area contributed by atoms with Gasteiger partial charge in [-0.2, -0.15) is 0 Å². The maximum absolute atomic E-state index is 12.9. The van der Waals surface area contributed by atoms with E-state index >= 15 is 0 Å². The van der Waals surface area contributed by atoms with Crippen LogP contribution in [0.1, 0.15) is 65.6 Å². The third kappa shape index (κ3) is 7.73. The fourth-order valence-electron chi connectivity index (χ4n) is 5.79. The highest BCUT2D eigenvalue weighted by atomic mass is 32.1. The predicted octanol–water partition coefficient (Wildman–Crippen LogP) is 5.05. The van der Waals surface area contributed by atoms with Gasteiger partial charge in [0.15, 0.2) is 30.0 Å². The number of hydrogen-bond acceptors (Lipinski definition) is 11. The van der Waals surface area contributed by atoms with Gasteiger partial charge in [-0.15, -0.1) is 10.2 Å². The number of nitrogens with one attached hydrogen (secondary N) is 2. The average molecular weight is 668 g/mol. The molecule has 14 heteroatoms. The molecule has 2 N–H and O–H groups in total. The van der Waals surface area contributed by atoms with E-state index in [-0.39, 0.29) is 36.5 Å². The lowest BCUT2D eigenvalue weighted by molar-refractivity contribution is -0.732. The van der Waals surface area contributed by atoms with Gasteiger partial charge in [0.2, 0.25) is 16.9 Å². The Kier molecular flexibility index (Phi) is 11.0. The number of aromatic nitrogens is 4. The van der Waals surface area contributed by atoms with Gasteiger partial charge in [0.25, 0.3) is 10.1 Å². The Hall–Kier alpha value is -4.30. The van der Waals surface area contributed by atoms with Gasteiger partial charge >= 0.3 is 0 Å². The van der Waals surface area contributed by atoms with Gasteiger partial charge in [0, 0.05) is 22.1 Å². The molecule has 0 aliphatic heterocycles. The summed E-state index contributed by atoms with van der Waals surface area (Å²) in [6.45, 7) is 2.36. The van der Waals surface area contributed by atoms with E-state index in [1.807, 2.05) is 49.0 Å². The molecule has 2 aromatic carbocycles. The maximum Gasteiger partial charge on any atom is 0.269 e. The third-order valence-corrected chi connectivity index (χ3v) is 10.0. The fraction of sp³-hybridized carbons (Fsp3) is 0.438. The molecule has 1 aliphatic carbocycles. The number of ether oxygens (including phenoxy) is 4. The van der Waals surface area contributed by atoms with Crippen LogP contribution in [0.3, 0.4) is 0 Å². The third-order valence-electron chi connectivity index (χ3n) is 7.82. The molecule has 1 saturated carbocycles. The SMILES string of the molecule is CCOc1c(CC(=O)Nc2nnc(C3CCCC(c4sc(NC(=O)Cc5cccc(OC)c5OC)n[n+]4C)C3)s2)cccc1OC. The van der Waals surface area contributed by atoms with Crippen LogP contribution in [0.5, 0.6) is 23.0 Å². The molecule has 2 amide bonds. The van der Waals surface area contributed by atoms with Crippen LogP contribution in [0.25, 0.3) is 0 Å². The summed E-state index contributed by atoms with van der Waals surface area (Å²) < 4.78 is 23.8. The molecule has 1 fully saturated rings. The van der Waals surface area contributed by atoms with Crippen LogP contribution in [0.2, 0.25) is 0 Å². The number of hydrogen-bond donors (Lipinski definition) is 2. The Morgan fingerprint density at radius 2 is 1.48 bits per heavy atom. The molecule has 2 atom stereocenters. The molecule has 0 bridgehead atoms. The molecule has 2 aromatic heterocycles. The van der Waals surface area contributed by atoms with Crippen molar-refractivity contribution in [3.05, 3.63) is 57.5 Å². The lowest BCUT2D eigenvalue weighted by Crippen LogP contribution is -2.36. The lowest BCUT2D eigenvalue weighted by atomic mass is 9.82. The highest BCUT2D eigenvalue weighted by molar-refractivity contribution is 7.15. The van der Waals surface area contributed by atoms with E-state index in [0.29, 0.717) is 39.9 Å². The summed E-state index contributed by atoms with van der Waals surface area (Å²) in [5.74, 6) is 2.39. The molecule has 244 valence electrons. The molecule has 1 aliphatic rings. The van der Waals surface area contributed by atoms with E-state index in [1.165, 1.54) is 22.7 Å². The van der Waals surface area contributed by atoms with Crippen molar-refractivity contribution in [2.75, 3.05) is 38.6 Å². The number of nitrogens with zero attached hydrogens (tertiary/aromatic N) is 4. The van der Waals surface area contributed by atoms with Crippen molar-refractivity contribution < 1.29 is 33.2 Å². The molecule has 4 aromatic rings. The zero-order chi connectivity index (χ0) is 32.6. The van der Waals surface area contributed by atoms with Crippen molar-refractivity contribution >= 4 is 44.8 Å². The van der Waals surface area contributed by atoms with Gasteiger partial charge in [0.05, 0.1) is 46.7 Å². The van der Waals surface area contributed by atoms with E-state index in [1.54, 1.807) is 27.4 Å². The number of amides is 2. The van der Waals surface area contributed by atoms with Gasteiger partial charge in [-0.1, -0.05) is 46.7 Å². The van der Waals surface area contributed by atoms with Crippen LogP contribution in [0.15, 0.2) is 36.4 Å². The number of benzene rings is 2. The van der Waals surface area contributed by atoms with Gasteiger partial charge in [-0.25, -0.2) is 0 Å². The van der Waals surface area contributed by atoms with E-state index in [9.17, 15) is 9.59 Å². The van der Waals surface area contributed by atoms with E-state index in [4.69, 9.17) is 18.9 Å². The van der Waals surface area contributed by atoms with Crippen LogP contribution in [-0.4, -0.2) is 55.0 Å². The zero-order valence-corrected chi connectivity index (χ0v) is 28.3. The minimum Gasteiger partial charge on any atom is -0.493 e. The number of carbonyl (C=O) groups excluding carboxylic acids is 2. The van der Waals surface area contributed by atoms with Gasteiger partial charge in [0.1, 0.15) is 5.01 Å². The van der Waals surface area contributed by atoms with Crippen LogP contribution in [0, 0.1) is 0 Å². The Labute approximate surface area is 276 Å². The Bertz CT molecular complexity index is 1670. The topological polar surface area (TPSA) is 138 Å². The van der Waals surface area contributed by atoms with E-state index in [0.717, 1.165) is 46.8 Å². The molecule has 46 heavy (non-hydrogen) atoms. The number of carbonyl (C=O) groups is 2. The summed E-state index contributed by atoms with van der Waals surface area (Å²) in [7, 11) is 6.62. The highest BCUT2D eigenvalue weighted by Gasteiger charge is 2.34. The van der Waals surface area contributed by atoms with Crippen LogP contribution in [0.4, 0.5) is 10.3 Å². The monoisotopic (exact) mass is 667 g/mol. The number of para-hydroxylation sites is 2. The first-order valence-electron chi connectivity index (χ1n) is 15.1. The van der Waals surface area contributed by atoms with Crippen molar-refractivity contribution in [2.24, 2.45) is 7.05 Å². The normalized spacial score (nSPS) is 16.0. The summed E-state index contributed by atoms with van der Waals surface area (Å²) in [6, 6.07) is 11.0. The number of methoxy groups -OCH3 is 3. The zero-order valence-electron chi connectivity index (χ0n) is 26.6. The molecule has 2 unspecified atom stereocenters. The van der Waals surface area contributed by atoms with Gasteiger partial charge < -0.3 is 24.3 Å². The Morgan fingerprint density at radius 3 is 2.13 bits per heavy atom. The summed E-state index contributed by atoms with van der Waals surface area (Å²) in [6.07, 6.45) is 4.19. The second-order valence-corrected chi connectivity index (χ2v) is 12.9. The molecular formula is C32H39N6O6S2+. The van der Waals surface area contributed by atoms with Crippen molar-refractivity contribution in [2.45, 2.75) is 57.3 Å². The second kappa shape index (κ2) is 15.3. The Balaban J connectivity index is 1.20. The first-order chi connectivity index (χ1) is 22.3. The van der Waals surface area contributed by atoms with Gasteiger partial charge in [-0.05, 0) is 49.7 Å². The first-order valence-corrected chi connectivity index (χ1v) is 16.7. The molecule has 12 nitrogen and oxygen atoms in total. The summed E-state index contributed by atoms with van der Waals surface area (Å²) >= 11 is 2.91. The molecule has 5 rings (SSSR count). The van der Waals surface area contributed by atoms with Crippen molar-refractivity contribution in [3.8, 4) is 23.0 Å². The quantitative estimate of drug-likeness (QED) is 0.188. The fourth-order valence-corrected chi connectivity index (χ4v) is 7.78. The average Bonchev–Trinajstić information content (AvgIpc) is 3.67. The van der Waals surface area contributed by atoms with Crippen molar-refractivity contribution in [1.29, 1.82) is 0 Å². The summed E-state index contributed by atoms with van der Waals surface area (Å²) in [5.41, 5.74) is 1.48. The largest absolute Gasteiger partial charge is 0.493 e. The number of anilines is 2. The van der Waals surface area contributed by atoms with Crippen LogP contribution < -0.4 is 34.3 Å². The van der Waals surface area contributed by atoms with Crippen molar-refractivity contribution in [1.82, 2.24) is 15.3 Å². The van der Waals surface area contributed by atoms with Crippen molar-refractivity contribution in [3.63, 3.8) is 0 Å². The van der Waals surface area contributed by atoms with E-state index in [2.05, 4.69) is 25.9 Å². The number of rotatable bonds is 13. The summed E-state index contributed by atoms with van der Waals surface area (Å²) in [4.78, 5) is 25.9. The smallest absolute Gasteiger partial charge is 0.269 e. The lowest BCUT2D eigenvalue weighted by Gasteiger charge is -2.24. The van der Waals surface area contributed by atoms with E-state index < -0.39 is 0 Å². The minimum atomic E-state index is -0.200. The first kappa shape index (κ1) is 33.1. The van der Waals surface area contributed by atoms with Crippen LogP contribution >= 0.6 is 22.7 Å². The summed E-state index contributed by atoms with van der Waals surface area (Å²) in [5, 5.41) is 22.2. The predicted molar refractivity (Wildman–Crippen MR) is 176 cm³/mol. The second-order valence-electron chi connectivity index (χ2n) is 10.9. The highest BCUT2D eigenvalue weighted by Crippen LogP contribution is 2.43. The molecule has 0 spiro atoms. The van der Waals surface area contributed by atoms with Crippen LogP contribution in [-0.2, 0) is 29.5 Å². The molecule has 0 radical (unpaired) electrons.